The molecular formula is C16H17NO3. The van der Waals surface area contributed by atoms with Gasteiger partial charge in [-0.25, -0.2) is 9.69 Å². The van der Waals surface area contributed by atoms with Crippen molar-refractivity contribution < 1.29 is 14.3 Å². The van der Waals surface area contributed by atoms with Gasteiger partial charge in [-0.3, -0.25) is 4.79 Å². The predicted octanol–water partition coefficient (Wildman–Crippen LogP) is 2.99. The molecule has 2 atom stereocenters. The third-order valence-electron chi connectivity index (χ3n) is 3.90. The predicted molar refractivity (Wildman–Crippen MR) is 74.8 cm³/mol. The van der Waals surface area contributed by atoms with E-state index in [2.05, 4.69) is 0 Å². The Morgan fingerprint density at radius 2 is 1.95 bits per heavy atom. The second-order valence-corrected chi connectivity index (χ2v) is 5.23. The van der Waals surface area contributed by atoms with Crippen LogP contribution in [0.4, 0.5) is 4.79 Å². The van der Waals surface area contributed by atoms with Crippen molar-refractivity contribution in [2.24, 2.45) is 0 Å². The average molecular weight is 271 g/mol. The first-order valence-electron chi connectivity index (χ1n) is 7.02. The molecule has 1 aliphatic carbocycles. The summed E-state index contributed by atoms with van der Waals surface area (Å²) >= 11 is 0. The maximum atomic E-state index is 12.2. The molecule has 2 amide bonds. The first-order chi connectivity index (χ1) is 9.75. The minimum Gasteiger partial charge on any atom is -0.444 e. The molecule has 0 aromatic heterocycles. The summed E-state index contributed by atoms with van der Waals surface area (Å²) in [4.78, 5) is 25.3. The van der Waals surface area contributed by atoms with E-state index in [0.29, 0.717) is 0 Å². The number of carbonyl (C=O) groups excluding carboxylic acids is 2. The van der Waals surface area contributed by atoms with Crippen molar-refractivity contribution in [1.29, 1.82) is 0 Å². The summed E-state index contributed by atoms with van der Waals surface area (Å²) in [5, 5.41) is 0. The molecular weight excluding hydrogens is 254 g/mol. The Morgan fingerprint density at radius 1 is 1.20 bits per heavy atom. The fourth-order valence-electron chi connectivity index (χ4n) is 2.90. The molecule has 0 bridgehead atoms. The van der Waals surface area contributed by atoms with Gasteiger partial charge in [-0.1, -0.05) is 36.8 Å². The van der Waals surface area contributed by atoms with Crippen LogP contribution in [0.2, 0.25) is 0 Å². The summed E-state index contributed by atoms with van der Waals surface area (Å²) in [6.07, 6.45) is 6.40. The van der Waals surface area contributed by atoms with Crippen LogP contribution in [0.1, 0.15) is 31.2 Å². The number of ether oxygens (including phenoxy) is 1. The molecule has 104 valence electrons. The van der Waals surface area contributed by atoms with Crippen molar-refractivity contribution in [1.82, 2.24) is 4.90 Å². The number of benzene rings is 1. The smallest absolute Gasteiger partial charge is 0.417 e. The van der Waals surface area contributed by atoms with Crippen LogP contribution in [0.15, 0.2) is 36.4 Å². The van der Waals surface area contributed by atoms with Crippen LogP contribution in [0.3, 0.4) is 0 Å². The lowest BCUT2D eigenvalue weighted by atomic mass is 9.92. The number of carbonyl (C=O) groups is 2. The van der Waals surface area contributed by atoms with Crippen molar-refractivity contribution in [2.75, 3.05) is 0 Å². The number of imide groups is 1. The van der Waals surface area contributed by atoms with Crippen molar-refractivity contribution in [3.8, 4) is 0 Å². The van der Waals surface area contributed by atoms with Gasteiger partial charge < -0.3 is 4.74 Å². The topological polar surface area (TPSA) is 46.6 Å². The van der Waals surface area contributed by atoms with Crippen LogP contribution in [0.25, 0.3) is 6.08 Å². The molecule has 2 aliphatic rings. The average Bonchev–Trinajstić information content (AvgIpc) is 2.82. The molecule has 1 aromatic rings. The highest BCUT2D eigenvalue weighted by Gasteiger charge is 2.45. The van der Waals surface area contributed by atoms with E-state index < -0.39 is 6.09 Å². The molecule has 20 heavy (non-hydrogen) atoms. The summed E-state index contributed by atoms with van der Waals surface area (Å²) in [5.74, 6) is -0.284. The molecule has 0 unspecified atom stereocenters. The van der Waals surface area contributed by atoms with Crippen LogP contribution in [-0.2, 0) is 9.53 Å². The lowest BCUT2D eigenvalue weighted by Gasteiger charge is -2.26. The number of amides is 2. The molecule has 0 spiro atoms. The second-order valence-electron chi connectivity index (χ2n) is 5.23. The van der Waals surface area contributed by atoms with Crippen LogP contribution in [-0.4, -0.2) is 29.0 Å². The molecule has 2 fully saturated rings. The summed E-state index contributed by atoms with van der Waals surface area (Å²) in [6.45, 7) is 0. The van der Waals surface area contributed by atoms with E-state index in [0.717, 1.165) is 31.2 Å². The van der Waals surface area contributed by atoms with Gasteiger partial charge in [-0.15, -0.1) is 0 Å². The highest BCUT2D eigenvalue weighted by atomic mass is 16.6. The fraction of sp³-hybridized carbons (Fsp3) is 0.375. The first-order valence-corrected chi connectivity index (χ1v) is 7.02. The van der Waals surface area contributed by atoms with Gasteiger partial charge in [0.05, 0.1) is 6.04 Å². The largest absolute Gasteiger partial charge is 0.444 e. The van der Waals surface area contributed by atoms with E-state index in [-0.39, 0.29) is 18.1 Å². The molecule has 1 saturated heterocycles. The van der Waals surface area contributed by atoms with Crippen LogP contribution in [0.5, 0.6) is 0 Å². The van der Waals surface area contributed by atoms with Crippen LogP contribution >= 0.6 is 0 Å². The highest BCUT2D eigenvalue weighted by molar-refractivity contribution is 6.02. The third kappa shape index (κ3) is 2.46. The first kappa shape index (κ1) is 12.9. The van der Waals surface area contributed by atoms with Gasteiger partial charge in [0.2, 0.25) is 0 Å². The number of fused-ring (bicyclic) bond motifs is 1. The lowest BCUT2D eigenvalue weighted by molar-refractivity contribution is -0.124. The van der Waals surface area contributed by atoms with E-state index in [1.165, 1.54) is 11.0 Å². The Bertz CT molecular complexity index is 538. The molecule has 3 rings (SSSR count). The minimum absolute atomic E-state index is 0.0795. The fourth-order valence-corrected chi connectivity index (χ4v) is 2.90. The Morgan fingerprint density at radius 3 is 2.75 bits per heavy atom. The summed E-state index contributed by atoms with van der Waals surface area (Å²) in [6, 6.07) is 9.48. The van der Waals surface area contributed by atoms with Crippen LogP contribution in [0, 0.1) is 0 Å². The third-order valence-corrected chi connectivity index (χ3v) is 3.90. The molecule has 0 N–H and O–H groups in total. The van der Waals surface area contributed by atoms with E-state index in [1.54, 1.807) is 6.08 Å². The number of nitrogens with zero attached hydrogens (tertiary/aromatic N) is 1. The van der Waals surface area contributed by atoms with Gasteiger partial charge in [0, 0.05) is 6.08 Å². The Kier molecular flexibility index (Phi) is 3.54. The monoisotopic (exact) mass is 271 g/mol. The van der Waals surface area contributed by atoms with Crippen molar-refractivity contribution in [3.63, 3.8) is 0 Å². The molecule has 0 radical (unpaired) electrons. The van der Waals surface area contributed by atoms with Crippen molar-refractivity contribution in [2.45, 2.75) is 37.8 Å². The van der Waals surface area contributed by atoms with E-state index in [9.17, 15) is 9.59 Å². The number of rotatable bonds is 2. The quantitative estimate of drug-likeness (QED) is 0.777. The molecule has 1 heterocycles. The molecule has 1 saturated carbocycles. The maximum Gasteiger partial charge on any atom is 0.417 e. The highest BCUT2D eigenvalue weighted by Crippen LogP contribution is 2.31. The number of hydrogen-bond acceptors (Lipinski definition) is 3. The molecule has 4 nitrogen and oxygen atoms in total. The van der Waals surface area contributed by atoms with Gasteiger partial charge in [0.1, 0.15) is 6.10 Å². The Balaban J connectivity index is 1.73. The Labute approximate surface area is 118 Å². The lowest BCUT2D eigenvalue weighted by Crippen LogP contribution is -2.41. The summed E-state index contributed by atoms with van der Waals surface area (Å²) < 4.78 is 5.28. The SMILES string of the molecule is O=C(/C=C/c1ccccc1)N1C(=O)O[C@H]2CCCC[C@@H]21. The normalized spacial score (nSPS) is 25.6. The number of hydrogen-bond donors (Lipinski definition) is 0. The van der Waals surface area contributed by atoms with Crippen molar-refractivity contribution >= 4 is 18.1 Å². The molecule has 1 aromatic carbocycles. The van der Waals surface area contributed by atoms with Gasteiger partial charge in [-0.05, 0) is 30.9 Å². The van der Waals surface area contributed by atoms with Gasteiger partial charge in [0.15, 0.2) is 0 Å². The minimum atomic E-state index is -0.496. The van der Waals surface area contributed by atoms with Gasteiger partial charge in [0.25, 0.3) is 5.91 Å². The zero-order valence-electron chi connectivity index (χ0n) is 11.2. The van der Waals surface area contributed by atoms with E-state index >= 15 is 0 Å². The van der Waals surface area contributed by atoms with E-state index in [4.69, 9.17) is 4.74 Å². The summed E-state index contributed by atoms with van der Waals surface area (Å²) in [7, 11) is 0. The second kappa shape index (κ2) is 5.49. The molecule has 1 aliphatic heterocycles. The van der Waals surface area contributed by atoms with Gasteiger partial charge in [-0.2, -0.15) is 0 Å². The maximum absolute atomic E-state index is 12.2. The zero-order valence-corrected chi connectivity index (χ0v) is 11.2. The molecule has 4 heteroatoms. The van der Waals surface area contributed by atoms with Gasteiger partial charge >= 0.3 is 6.09 Å². The standard InChI is InChI=1S/C16H17NO3/c18-15(11-10-12-6-2-1-3-7-12)17-13-8-4-5-9-14(13)20-16(17)19/h1-3,6-7,10-11,13-14H,4-5,8-9H2/b11-10+/t13-,14-/m0/s1. The van der Waals surface area contributed by atoms with Crippen LogP contribution < -0.4 is 0 Å². The van der Waals surface area contributed by atoms with E-state index in [1.807, 2.05) is 30.3 Å². The zero-order chi connectivity index (χ0) is 13.9. The van der Waals surface area contributed by atoms with Crippen molar-refractivity contribution in [3.05, 3.63) is 42.0 Å². The summed E-state index contributed by atoms with van der Waals surface area (Å²) in [5.41, 5.74) is 0.939. The Hall–Kier alpha value is -2.10.